The normalized spacial score (nSPS) is 17.9. The Morgan fingerprint density at radius 3 is 1.77 bits per heavy atom. The van der Waals surface area contributed by atoms with Crippen LogP contribution in [0.2, 0.25) is 0 Å². The van der Waals surface area contributed by atoms with Gasteiger partial charge >= 0.3 is 12.2 Å². The fraction of sp³-hybridized carbons (Fsp3) is 0.395. The molecular formula is C43H50N8O6. The Labute approximate surface area is 331 Å². The Hall–Kier alpha value is -6.18. The standard InChI is InChI=1S/C43H50N8O6/c1-24(2)36(48-42(54)55)40(52)51-21-7-9-35(51)39-45-31-19-18-30(22-32(31)46-39)28-12-10-26(11-13-28)27-14-16-29(17-15-27)33-23-44-38(47-33)34-8-6-20-50(34)41(53)37(25(3)4)49-43(56)57-5/h10-19,22-25,34-37,48H,6-9,20-21H2,1-5H3,(H,44,47)(H,45,46)(H,49,56)(H,54,55)/t34?,35-,36-,37?/m0/s1. The van der Waals surface area contributed by atoms with Gasteiger partial charge in [0.05, 0.1) is 42.1 Å². The molecule has 2 aliphatic rings. The van der Waals surface area contributed by atoms with Crippen LogP contribution in [0.3, 0.4) is 0 Å². The topological polar surface area (TPSA) is 186 Å². The zero-order chi connectivity index (χ0) is 40.4. The summed E-state index contributed by atoms with van der Waals surface area (Å²) in [6, 6.07) is 20.8. The number of nitrogens with one attached hydrogen (secondary N) is 4. The van der Waals surface area contributed by atoms with Crippen LogP contribution in [0.4, 0.5) is 9.59 Å². The first-order valence-electron chi connectivity index (χ1n) is 19.6. The zero-order valence-electron chi connectivity index (χ0n) is 32.9. The highest BCUT2D eigenvalue weighted by molar-refractivity contribution is 5.88. The largest absolute Gasteiger partial charge is 0.465 e. The summed E-state index contributed by atoms with van der Waals surface area (Å²) < 4.78 is 4.76. The molecule has 5 N–H and O–H groups in total. The number of carbonyl (C=O) groups excluding carboxylic acids is 3. The summed E-state index contributed by atoms with van der Waals surface area (Å²) in [5.74, 6) is 0.768. The van der Waals surface area contributed by atoms with Gasteiger partial charge in [0.25, 0.3) is 0 Å². The number of aromatic amines is 2. The number of amides is 4. The van der Waals surface area contributed by atoms with Gasteiger partial charge in [-0.05, 0) is 77.5 Å². The van der Waals surface area contributed by atoms with E-state index in [0.717, 1.165) is 76.1 Å². The van der Waals surface area contributed by atoms with Crippen LogP contribution >= 0.6 is 0 Å². The van der Waals surface area contributed by atoms with Gasteiger partial charge in [0.15, 0.2) is 0 Å². The summed E-state index contributed by atoms with van der Waals surface area (Å²) in [6.07, 6.45) is 3.16. The molecule has 5 aromatic rings. The second-order valence-electron chi connectivity index (χ2n) is 15.6. The summed E-state index contributed by atoms with van der Waals surface area (Å²) in [7, 11) is 1.29. The van der Waals surface area contributed by atoms with E-state index >= 15 is 0 Å². The van der Waals surface area contributed by atoms with Crippen molar-refractivity contribution in [1.29, 1.82) is 0 Å². The lowest BCUT2D eigenvalue weighted by atomic mass is 9.99. The molecule has 14 nitrogen and oxygen atoms in total. The van der Waals surface area contributed by atoms with E-state index in [9.17, 15) is 24.3 Å². The first-order valence-corrected chi connectivity index (χ1v) is 19.6. The molecule has 2 aromatic heterocycles. The maximum Gasteiger partial charge on any atom is 0.407 e. The number of imidazole rings is 2. The summed E-state index contributed by atoms with van der Waals surface area (Å²) in [5.41, 5.74) is 7.74. The second kappa shape index (κ2) is 16.5. The quantitative estimate of drug-likeness (QED) is 0.0926. The van der Waals surface area contributed by atoms with Gasteiger partial charge in [-0.3, -0.25) is 9.59 Å². The number of carbonyl (C=O) groups is 4. The van der Waals surface area contributed by atoms with Crippen molar-refractivity contribution in [3.05, 3.63) is 84.6 Å². The number of likely N-dealkylation sites (tertiary alicyclic amines) is 2. The van der Waals surface area contributed by atoms with Gasteiger partial charge in [0.1, 0.15) is 23.7 Å². The Balaban J connectivity index is 1.02. The van der Waals surface area contributed by atoms with Crippen LogP contribution in [0.1, 0.15) is 77.1 Å². The molecule has 0 saturated carbocycles. The van der Waals surface area contributed by atoms with Crippen LogP contribution in [-0.2, 0) is 14.3 Å². The van der Waals surface area contributed by atoms with Gasteiger partial charge in [0.2, 0.25) is 11.8 Å². The first kappa shape index (κ1) is 39.1. The summed E-state index contributed by atoms with van der Waals surface area (Å²) in [4.78, 5) is 70.3. The average molecular weight is 775 g/mol. The van der Waals surface area contributed by atoms with E-state index in [4.69, 9.17) is 9.72 Å². The van der Waals surface area contributed by atoms with Gasteiger partial charge < -0.3 is 40.2 Å². The van der Waals surface area contributed by atoms with Crippen molar-refractivity contribution >= 4 is 35.0 Å². The van der Waals surface area contributed by atoms with E-state index in [1.54, 1.807) is 11.1 Å². The molecule has 0 radical (unpaired) electrons. The zero-order valence-corrected chi connectivity index (χ0v) is 32.9. The number of aromatic nitrogens is 4. The van der Waals surface area contributed by atoms with Crippen LogP contribution < -0.4 is 10.6 Å². The van der Waals surface area contributed by atoms with E-state index < -0.39 is 24.3 Å². The molecule has 3 aromatic carbocycles. The van der Waals surface area contributed by atoms with Crippen LogP contribution in [0.25, 0.3) is 44.5 Å². The van der Waals surface area contributed by atoms with Gasteiger partial charge in [-0.15, -0.1) is 0 Å². The van der Waals surface area contributed by atoms with E-state index in [1.807, 2.05) is 44.7 Å². The third-order valence-corrected chi connectivity index (χ3v) is 11.1. The Morgan fingerprint density at radius 1 is 0.719 bits per heavy atom. The predicted octanol–water partition coefficient (Wildman–Crippen LogP) is 7.29. The number of ether oxygens (including phenoxy) is 1. The molecule has 298 valence electrons. The summed E-state index contributed by atoms with van der Waals surface area (Å²) >= 11 is 0. The molecule has 0 spiro atoms. The number of hydrogen-bond donors (Lipinski definition) is 5. The molecule has 2 saturated heterocycles. The van der Waals surface area contributed by atoms with Crippen molar-refractivity contribution in [3.63, 3.8) is 0 Å². The Kier molecular flexibility index (Phi) is 11.3. The van der Waals surface area contributed by atoms with E-state index in [0.29, 0.717) is 18.9 Å². The van der Waals surface area contributed by atoms with Crippen molar-refractivity contribution in [2.75, 3.05) is 20.2 Å². The number of benzene rings is 3. The van der Waals surface area contributed by atoms with Gasteiger partial charge in [0, 0.05) is 13.1 Å². The minimum atomic E-state index is -1.21. The van der Waals surface area contributed by atoms with Crippen molar-refractivity contribution in [1.82, 2.24) is 40.4 Å². The number of fused-ring (bicyclic) bond motifs is 1. The maximum absolute atomic E-state index is 13.5. The average Bonchev–Trinajstić information content (AvgIpc) is 4.04. The summed E-state index contributed by atoms with van der Waals surface area (Å²) in [5, 5.41) is 14.4. The highest BCUT2D eigenvalue weighted by atomic mass is 16.5. The first-order chi connectivity index (χ1) is 27.4. The molecule has 0 bridgehead atoms. The lowest BCUT2D eigenvalue weighted by Gasteiger charge is -2.30. The lowest BCUT2D eigenvalue weighted by Crippen LogP contribution is -2.51. The Bertz CT molecular complexity index is 2250. The number of rotatable bonds is 11. The monoisotopic (exact) mass is 774 g/mol. The lowest BCUT2D eigenvalue weighted by molar-refractivity contribution is -0.136. The number of hydrogen-bond acceptors (Lipinski definition) is 7. The summed E-state index contributed by atoms with van der Waals surface area (Å²) in [6.45, 7) is 8.62. The minimum Gasteiger partial charge on any atom is -0.465 e. The van der Waals surface area contributed by atoms with Crippen LogP contribution in [0.5, 0.6) is 0 Å². The van der Waals surface area contributed by atoms with Gasteiger partial charge in [-0.1, -0.05) is 82.3 Å². The minimum absolute atomic E-state index is 0.106. The third-order valence-electron chi connectivity index (χ3n) is 11.1. The van der Waals surface area contributed by atoms with Crippen LogP contribution in [0.15, 0.2) is 72.9 Å². The maximum atomic E-state index is 13.5. The highest BCUT2D eigenvalue weighted by Gasteiger charge is 2.39. The Morgan fingerprint density at radius 2 is 1.23 bits per heavy atom. The third kappa shape index (κ3) is 8.21. The molecule has 7 rings (SSSR count). The molecule has 4 heterocycles. The SMILES string of the molecule is COC(=O)NC(C(=O)N1CCCC1c1ncc(-c2ccc(-c3ccc(-c4ccc5nc([C@@H]6CCCN6C(=O)[C@@H](NC(=O)O)C(C)C)[nH]c5c4)cc3)cc2)[nH]1)C(C)C. The van der Waals surface area contributed by atoms with Crippen LogP contribution in [-0.4, -0.2) is 91.1 Å². The second-order valence-corrected chi connectivity index (χ2v) is 15.6. The number of H-pyrrole nitrogens is 2. The van der Waals surface area contributed by atoms with Crippen molar-refractivity contribution in [2.24, 2.45) is 11.8 Å². The number of methoxy groups -OCH3 is 1. The molecule has 57 heavy (non-hydrogen) atoms. The predicted molar refractivity (Wildman–Crippen MR) is 216 cm³/mol. The molecule has 14 heteroatoms. The smallest absolute Gasteiger partial charge is 0.407 e. The molecule has 2 unspecified atom stereocenters. The van der Waals surface area contributed by atoms with Crippen LogP contribution in [0, 0.1) is 11.8 Å². The molecule has 0 aliphatic carbocycles. The molecule has 2 aliphatic heterocycles. The molecule has 2 fully saturated rings. The fourth-order valence-electron chi connectivity index (χ4n) is 8.05. The number of carboxylic acid groups (broad SMARTS) is 1. The van der Waals surface area contributed by atoms with E-state index in [-0.39, 0.29) is 35.7 Å². The van der Waals surface area contributed by atoms with Crippen molar-refractivity contribution in [3.8, 4) is 33.5 Å². The molecule has 4 atom stereocenters. The highest BCUT2D eigenvalue weighted by Crippen LogP contribution is 2.35. The molecular weight excluding hydrogens is 725 g/mol. The van der Waals surface area contributed by atoms with Crippen molar-refractivity contribution < 1.29 is 29.0 Å². The van der Waals surface area contributed by atoms with Gasteiger partial charge in [-0.2, -0.15) is 0 Å². The van der Waals surface area contributed by atoms with Crippen molar-refractivity contribution in [2.45, 2.75) is 77.5 Å². The van der Waals surface area contributed by atoms with E-state index in [1.165, 1.54) is 7.11 Å². The number of nitrogens with zero attached hydrogens (tertiary/aromatic N) is 4. The van der Waals surface area contributed by atoms with Gasteiger partial charge in [-0.25, -0.2) is 19.6 Å². The fourth-order valence-corrected chi connectivity index (χ4v) is 8.05. The number of alkyl carbamates (subject to hydrolysis) is 1. The molecule has 4 amide bonds. The van der Waals surface area contributed by atoms with E-state index in [2.05, 4.69) is 80.2 Å².